The maximum Gasteiger partial charge on any atom is 0.252 e. The van der Waals surface area contributed by atoms with Crippen LogP contribution >= 0.6 is 0 Å². The first-order chi connectivity index (χ1) is 9.31. The average molecular weight is 259 g/mol. The van der Waals surface area contributed by atoms with Gasteiger partial charge in [0.05, 0.1) is 23.8 Å². The van der Waals surface area contributed by atoms with Crippen molar-refractivity contribution in [2.75, 3.05) is 19.7 Å². The van der Waals surface area contributed by atoms with Crippen LogP contribution in [0.15, 0.2) is 18.5 Å². The van der Waals surface area contributed by atoms with E-state index in [0.717, 1.165) is 19.4 Å². The molecule has 19 heavy (non-hydrogen) atoms. The van der Waals surface area contributed by atoms with Crippen LogP contribution in [0.5, 0.6) is 0 Å². The van der Waals surface area contributed by atoms with Crippen molar-refractivity contribution in [2.45, 2.75) is 18.9 Å². The number of nitrogens with zero attached hydrogens (tertiary/aromatic N) is 1. The van der Waals surface area contributed by atoms with E-state index >= 15 is 0 Å². The van der Waals surface area contributed by atoms with Gasteiger partial charge in [-0.15, -0.1) is 0 Å². The summed E-state index contributed by atoms with van der Waals surface area (Å²) in [6.07, 6.45) is 5.34. The van der Waals surface area contributed by atoms with Crippen LogP contribution < -0.4 is 11.1 Å². The predicted molar refractivity (Wildman–Crippen MR) is 71.5 cm³/mol. The largest absolute Gasteiger partial charge is 0.376 e. The van der Waals surface area contributed by atoms with Gasteiger partial charge in [0.15, 0.2) is 0 Å². The lowest BCUT2D eigenvalue weighted by molar-refractivity contribution is 0.0857. The monoisotopic (exact) mass is 259 g/mol. The number of aromatic nitrogens is 1. The molecule has 1 unspecified atom stereocenters. The number of nitrogens with two attached hydrogens (primary N) is 1. The molecule has 5 heteroatoms. The molecule has 1 amide bonds. The van der Waals surface area contributed by atoms with Crippen molar-refractivity contribution in [3.05, 3.63) is 29.6 Å². The second-order valence-electron chi connectivity index (χ2n) is 4.27. The second-order valence-corrected chi connectivity index (χ2v) is 4.27. The summed E-state index contributed by atoms with van der Waals surface area (Å²) in [5.74, 6) is 5.43. The normalized spacial score (nSPS) is 17.6. The molecule has 0 bridgehead atoms. The SMILES string of the molecule is NCC#Cc1cnccc1C(=O)NCC1CCCO1. The van der Waals surface area contributed by atoms with Crippen LogP contribution in [-0.2, 0) is 4.74 Å². The van der Waals surface area contributed by atoms with E-state index < -0.39 is 0 Å². The number of pyridine rings is 1. The van der Waals surface area contributed by atoms with Gasteiger partial charge < -0.3 is 15.8 Å². The number of ether oxygens (including phenoxy) is 1. The van der Waals surface area contributed by atoms with Gasteiger partial charge in [-0.1, -0.05) is 11.8 Å². The van der Waals surface area contributed by atoms with E-state index in [0.29, 0.717) is 17.7 Å². The Kier molecular flexibility index (Phi) is 4.90. The minimum absolute atomic E-state index is 0.129. The highest BCUT2D eigenvalue weighted by Crippen LogP contribution is 2.11. The fraction of sp³-hybridized carbons (Fsp3) is 0.429. The molecular formula is C14H17N3O2. The van der Waals surface area contributed by atoms with Crippen molar-refractivity contribution in [1.82, 2.24) is 10.3 Å². The zero-order valence-electron chi connectivity index (χ0n) is 10.7. The number of hydrogen-bond donors (Lipinski definition) is 2. The molecule has 0 saturated carbocycles. The fourth-order valence-corrected chi connectivity index (χ4v) is 1.95. The molecule has 2 rings (SSSR count). The number of carbonyl (C=O) groups is 1. The molecule has 3 N–H and O–H groups in total. The first-order valence-corrected chi connectivity index (χ1v) is 6.34. The number of nitrogens with one attached hydrogen (secondary N) is 1. The molecule has 1 aromatic rings. The molecule has 100 valence electrons. The van der Waals surface area contributed by atoms with Gasteiger partial charge >= 0.3 is 0 Å². The van der Waals surface area contributed by atoms with Crippen LogP contribution in [0.3, 0.4) is 0 Å². The summed E-state index contributed by atoms with van der Waals surface area (Å²) in [6.45, 7) is 1.57. The maximum atomic E-state index is 12.1. The van der Waals surface area contributed by atoms with E-state index in [1.807, 2.05) is 0 Å². The number of rotatable bonds is 3. The van der Waals surface area contributed by atoms with Crippen LogP contribution in [0.1, 0.15) is 28.8 Å². The van der Waals surface area contributed by atoms with E-state index in [4.69, 9.17) is 10.5 Å². The molecule has 2 heterocycles. The summed E-state index contributed by atoms with van der Waals surface area (Å²) in [5, 5.41) is 2.87. The quantitative estimate of drug-likeness (QED) is 0.765. The molecule has 0 spiro atoms. The van der Waals surface area contributed by atoms with Gasteiger partial charge in [-0.05, 0) is 18.9 Å². The topological polar surface area (TPSA) is 77.2 Å². The fourth-order valence-electron chi connectivity index (χ4n) is 1.95. The van der Waals surface area contributed by atoms with Crippen LogP contribution in [0.4, 0.5) is 0 Å². The summed E-state index contributed by atoms with van der Waals surface area (Å²) in [5.41, 5.74) is 6.45. The summed E-state index contributed by atoms with van der Waals surface area (Å²) < 4.78 is 5.46. The molecule has 0 aromatic carbocycles. The number of amides is 1. The molecule has 1 aromatic heterocycles. The number of carbonyl (C=O) groups excluding carboxylic acids is 1. The average Bonchev–Trinajstić information content (AvgIpc) is 2.96. The highest BCUT2D eigenvalue weighted by Gasteiger charge is 2.17. The van der Waals surface area contributed by atoms with E-state index in [2.05, 4.69) is 22.1 Å². The van der Waals surface area contributed by atoms with E-state index in [1.165, 1.54) is 0 Å². The summed E-state index contributed by atoms with van der Waals surface area (Å²) in [7, 11) is 0. The molecule has 0 aliphatic carbocycles. The zero-order chi connectivity index (χ0) is 13.5. The Labute approximate surface area is 112 Å². The smallest absolute Gasteiger partial charge is 0.252 e. The standard InChI is InChI=1S/C14H17N3O2/c15-6-1-3-11-9-16-7-5-13(11)14(18)17-10-12-4-2-8-19-12/h5,7,9,12H,2,4,6,8,10,15H2,(H,17,18). The van der Waals surface area contributed by atoms with Crippen LogP contribution in [0.25, 0.3) is 0 Å². The Balaban J connectivity index is 2.01. The molecule has 1 saturated heterocycles. The van der Waals surface area contributed by atoms with Crippen molar-refractivity contribution in [2.24, 2.45) is 5.73 Å². The third-order valence-electron chi connectivity index (χ3n) is 2.91. The minimum atomic E-state index is -0.153. The van der Waals surface area contributed by atoms with Gasteiger partial charge in [0.2, 0.25) is 0 Å². The highest BCUT2D eigenvalue weighted by atomic mass is 16.5. The van der Waals surface area contributed by atoms with Gasteiger partial charge in [-0.2, -0.15) is 0 Å². The van der Waals surface area contributed by atoms with Gasteiger partial charge in [0, 0.05) is 25.5 Å². The van der Waals surface area contributed by atoms with E-state index in [1.54, 1.807) is 18.5 Å². The van der Waals surface area contributed by atoms with Crippen molar-refractivity contribution < 1.29 is 9.53 Å². The molecular weight excluding hydrogens is 242 g/mol. The van der Waals surface area contributed by atoms with Crippen LogP contribution in [0, 0.1) is 11.8 Å². The predicted octanol–water partition coefficient (Wildman–Crippen LogP) is 0.301. The molecule has 1 fully saturated rings. The van der Waals surface area contributed by atoms with Crippen molar-refractivity contribution in [3.63, 3.8) is 0 Å². The lowest BCUT2D eigenvalue weighted by Gasteiger charge is -2.11. The Morgan fingerprint density at radius 1 is 1.63 bits per heavy atom. The summed E-state index contributed by atoms with van der Waals surface area (Å²) >= 11 is 0. The van der Waals surface area contributed by atoms with Crippen LogP contribution in [-0.4, -0.2) is 36.7 Å². The van der Waals surface area contributed by atoms with Crippen LogP contribution in [0.2, 0.25) is 0 Å². The molecule has 0 radical (unpaired) electrons. The van der Waals surface area contributed by atoms with E-state index in [-0.39, 0.29) is 18.6 Å². The van der Waals surface area contributed by atoms with Crippen molar-refractivity contribution in [1.29, 1.82) is 0 Å². The third kappa shape index (κ3) is 3.78. The highest BCUT2D eigenvalue weighted by molar-refractivity contribution is 5.96. The Morgan fingerprint density at radius 2 is 2.53 bits per heavy atom. The van der Waals surface area contributed by atoms with Gasteiger partial charge in [0.1, 0.15) is 0 Å². The summed E-state index contributed by atoms with van der Waals surface area (Å²) in [6, 6.07) is 1.66. The van der Waals surface area contributed by atoms with Gasteiger partial charge in [0.25, 0.3) is 5.91 Å². The van der Waals surface area contributed by atoms with E-state index in [9.17, 15) is 4.79 Å². The van der Waals surface area contributed by atoms with Crippen molar-refractivity contribution >= 4 is 5.91 Å². The Hall–Kier alpha value is -1.90. The second kappa shape index (κ2) is 6.88. The molecule has 1 aliphatic rings. The molecule has 1 atom stereocenters. The van der Waals surface area contributed by atoms with Crippen molar-refractivity contribution in [3.8, 4) is 11.8 Å². The Bertz CT molecular complexity index is 499. The van der Waals surface area contributed by atoms with Gasteiger partial charge in [-0.3, -0.25) is 9.78 Å². The maximum absolute atomic E-state index is 12.1. The lowest BCUT2D eigenvalue weighted by atomic mass is 10.1. The lowest BCUT2D eigenvalue weighted by Crippen LogP contribution is -2.32. The van der Waals surface area contributed by atoms with Gasteiger partial charge in [-0.25, -0.2) is 0 Å². The summed E-state index contributed by atoms with van der Waals surface area (Å²) in [4.78, 5) is 16.1. The third-order valence-corrected chi connectivity index (χ3v) is 2.91. The Morgan fingerprint density at radius 3 is 3.26 bits per heavy atom. The first kappa shape index (κ1) is 13.5. The molecule has 1 aliphatic heterocycles. The minimum Gasteiger partial charge on any atom is -0.376 e. The molecule has 5 nitrogen and oxygen atoms in total. The zero-order valence-corrected chi connectivity index (χ0v) is 10.7. The first-order valence-electron chi connectivity index (χ1n) is 6.34. The number of hydrogen-bond acceptors (Lipinski definition) is 4.